The normalized spacial score (nSPS) is 26.8. The van der Waals surface area contributed by atoms with E-state index in [0.717, 1.165) is 26.1 Å². The Morgan fingerprint density at radius 1 is 1.19 bits per heavy atom. The number of piperidine rings is 1. The van der Waals surface area contributed by atoms with Crippen molar-refractivity contribution in [3.8, 4) is 0 Å². The molecule has 2 aliphatic rings. The Bertz CT molecular complexity index is 382. The fourth-order valence-corrected chi connectivity index (χ4v) is 3.36. The van der Waals surface area contributed by atoms with Gasteiger partial charge in [-0.1, -0.05) is 6.92 Å². The molecular formula is C15H27N3O3. The molecule has 0 bridgehead atoms. The van der Waals surface area contributed by atoms with Crippen LogP contribution in [-0.2, 0) is 4.79 Å². The Hall–Kier alpha value is -1.30. The molecule has 2 amide bonds. The molecule has 2 N–H and O–H groups in total. The van der Waals surface area contributed by atoms with Gasteiger partial charge in [-0.25, -0.2) is 4.79 Å². The van der Waals surface area contributed by atoms with Crippen molar-refractivity contribution >= 4 is 12.0 Å². The zero-order chi connectivity index (χ0) is 15.3. The van der Waals surface area contributed by atoms with Crippen LogP contribution < -0.4 is 5.32 Å². The second-order valence-electron chi connectivity index (χ2n) is 6.24. The summed E-state index contributed by atoms with van der Waals surface area (Å²) in [6, 6.07) is -0.118. The van der Waals surface area contributed by atoms with Crippen molar-refractivity contribution in [3.63, 3.8) is 0 Å². The monoisotopic (exact) mass is 297 g/mol. The third-order valence-corrected chi connectivity index (χ3v) is 4.90. The van der Waals surface area contributed by atoms with Crippen LogP contribution in [0, 0.1) is 5.41 Å². The van der Waals surface area contributed by atoms with Crippen molar-refractivity contribution in [1.29, 1.82) is 0 Å². The second-order valence-corrected chi connectivity index (χ2v) is 6.24. The van der Waals surface area contributed by atoms with E-state index in [0.29, 0.717) is 32.5 Å². The summed E-state index contributed by atoms with van der Waals surface area (Å²) in [5, 5.41) is 12.4. The van der Waals surface area contributed by atoms with Gasteiger partial charge in [0.2, 0.25) is 0 Å². The smallest absolute Gasteiger partial charge is 0.317 e. The zero-order valence-electron chi connectivity index (χ0n) is 12.9. The minimum Gasteiger partial charge on any atom is -0.481 e. The van der Waals surface area contributed by atoms with Crippen molar-refractivity contribution in [1.82, 2.24) is 15.1 Å². The lowest BCUT2D eigenvalue weighted by molar-refractivity contribution is -0.152. The van der Waals surface area contributed by atoms with Crippen molar-refractivity contribution in [2.75, 3.05) is 39.3 Å². The predicted octanol–water partition coefficient (Wildman–Crippen LogP) is 1.37. The van der Waals surface area contributed by atoms with E-state index in [1.54, 1.807) is 4.90 Å². The average Bonchev–Trinajstić information content (AvgIpc) is 3.00. The van der Waals surface area contributed by atoms with Crippen molar-refractivity contribution in [2.24, 2.45) is 5.41 Å². The van der Waals surface area contributed by atoms with Gasteiger partial charge in [0.25, 0.3) is 0 Å². The fourth-order valence-electron chi connectivity index (χ4n) is 3.36. The van der Waals surface area contributed by atoms with Crippen LogP contribution in [0.3, 0.4) is 0 Å². The van der Waals surface area contributed by atoms with Gasteiger partial charge < -0.3 is 20.2 Å². The number of rotatable bonds is 5. The van der Waals surface area contributed by atoms with Gasteiger partial charge in [-0.3, -0.25) is 4.79 Å². The average molecular weight is 297 g/mol. The summed E-state index contributed by atoms with van der Waals surface area (Å²) in [6.45, 7) is 6.65. The predicted molar refractivity (Wildman–Crippen MR) is 80.2 cm³/mol. The second kappa shape index (κ2) is 7.11. The van der Waals surface area contributed by atoms with Crippen LogP contribution in [-0.4, -0.2) is 66.2 Å². The van der Waals surface area contributed by atoms with Crippen LogP contribution in [0.2, 0.25) is 0 Å². The molecule has 120 valence electrons. The Balaban J connectivity index is 1.79. The molecule has 21 heavy (non-hydrogen) atoms. The van der Waals surface area contributed by atoms with Crippen LogP contribution in [0.25, 0.3) is 0 Å². The highest BCUT2D eigenvalue weighted by Gasteiger charge is 2.42. The number of urea groups is 1. The molecule has 2 rings (SSSR count). The van der Waals surface area contributed by atoms with E-state index in [-0.39, 0.29) is 6.03 Å². The topological polar surface area (TPSA) is 72.9 Å². The summed E-state index contributed by atoms with van der Waals surface area (Å²) < 4.78 is 0. The van der Waals surface area contributed by atoms with Gasteiger partial charge in [0.1, 0.15) is 0 Å². The van der Waals surface area contributed by atoms with Gasteiger partial charge in [-0.05, 0) is 45.2 Å². The molecule has 0 aliphatic carbocycles. The summed E-state index contributed by atoms with van der Waals surface area (Å²) in [5.74, 6) is -0.778. The molecule has 0 aromatic rings. The number of likely N-dealkylation sites (tertiary alicyclic amines) is 2. The lowest BCUT2D eigenvalue weighted by Crippen LogP contribution is -2.53. The third kappa shape index (κ3) is 3.87. The molecule has 2 fully saturated rings. The summed E-state index contributed by atoms with van der Waals surface area (Å²) >= 11 is 0. The van der Waals surface area contributed by atoms with E-state index in [9.17, 15) is 14.7 Å². The van der Waals surface area contributed by atoms with Crippen LogP contribution in [0.15, 0.2) is 0 Å². The molecule has 0 radical (unpaired) electrons. The van der Waals surface area contributed by atoms with Crippen LogP contribution >= 0.6 is 0 Å². The SMILES string of the molecule is CCC1(C(=O)O)CCCN(C(=O)NCCN2CCCC2)C1. The van der Waals surface area contributed by atoms with Gasteiger partial charge in [-0.2, -0.15) is 0 Å². The first kappa shape index (κ1) is 16.1. The Morgan fingerprint density at radius 2 is 1.90 bits per heavy atom. The number of carbonyl (C=O) groups excluding carboxylic acids is 1. The first-order valence-electron chi connectivity index (χ1n) is 8.06. The first-order chi connectivity index (χ1) is 10.1. The standard InChI is InChI=1S/C15H27N3O3/c1-2-15(13(19)20)6-5-10-18(12-15)14(21)16-7-11-17-8-3-4-9-17/h2-12H2,1H3,(H,16,21)(H,19,20). The first-order valence-corrected chi connectivity index (χ1v) is 8.06. The van der Waals surface area contributed by atoms with Crippen molar-refractivity contribution in [3.05, 3.63) is 0 Å². The number of carbonyl (C=O) groups is 2. The number of aliphatic carboxylic acids is 1. The highest BCUT2D eigenvalue weighted by Crippen LogP contribution is 2.33. The Morgan fingerprint density at radius 3 is 2.52 bits per heavy atom. The largest absolute Gasteiger partial charge is 0.481 e. The van der Waals surface area contributed by atoms with E-state index in [2.05, 4.69) is 10.2 Å². The van der Waals surface area contributed by atoms with Gasteiger partial charge in [0.15, 0.2) is 0 Å². The van der Waals surface area contributed by atoms with E-state index in [1.807, 2.05) is 6.92 Å². The van der Waals surface area contributed by atoms with Gasteiger partial charge in [0, 0.05) is 26.2 Å². The molecule has 0 saturated carbocycles. The van der Waals surface area contributed by atoms with Gasteiger partial charge in [-0.15, -0.1) is 0 Å². The van der Waals surface area contributed by atoms with E-state index < -0.39 is 11.4 Å². The molecule has 1 atom stereocenters. The summed E-state index contributed by atoms with van der Waals surface area (Å²) in [7, 11) is 0. The highest BCUT2D eigenvalue weighted by atomic mass is 16.4. The van der Waals surface area contributed by atoms with Crippen LogP contribution in [0.4, 0.5) is 4.79 Å². The molecule has 0 aromatic heterocycles. The maximum atomic E-state index is 12.2. The quantitative estimate of drug-likeness (QED) is 0.804. The van der Waals surface area contributed by atoms with Crippen LogP contribution in [0.1, 0.15) is 39.0 Å². The minimum atomic E-state index is -0.778. The summed E-state index contributed by atoms with van der Waals surface area (Å²) in [4.78, 5) is 27.7. The number of amides is 2. The zero-order valence-corrected chi connectivity index (χ0v) is 12.9. The molecular weight excluding hydrogens is 270 g/mol. The molecule has 0 spiro atoms. The Kier molecular flexibility index (Phi) is 5.45. The van der Waals surface area contributed by atoms with Crippen LogP contribution in [0.5, 0.6) is 0 Å². The molecule has 2 saturated heterocycles. The number of hydrogen-bond donors (Lipinski definition) is 2. The third-order valence-electron chi connectivity index (χ3n) is 4.90. The maximum absolute atomic E-state index is 12.2. The van der Waals surface area contributed by atoms with E-state index in [4.69, 9.17) is 0 Å². The van der Waals surface area contributed by atoms with Crippen molar-refractivity contribution < 1.29 is 14.7 Å². The number of nitrogens with one attached hydrogen (secondary N) is 1. The number of hydrogen-bond acceptors (Lipinski definition) is 3. The molecule has 6 heteroatoms. The molecule has 2 heterocycles. The Labute approximate surface area is 126 Å². The number of carboxylic acid groups (broad SMARTS) is 1. The molecule has 2 aliphatic heterocycles. The fraction of sp³-hybridized carbons (Fsp3) is 0.867. The number of nitrogens with zero attached hydrogens (tertiary/aromatic N) is 2. The van der Waals surface area contributed by atoms with Crippen molar-refractivity contribution in [2.45, 2.75) is 39.0 Å². The molecule has 1 unspecified atom stereocenters. The minimum absolute atomic E-state index is 0.118. The summed E-state index contributed by atoms with van der Waals surface area (Å²) in [5.41, 5.74) is -0.759. The maximum Gasteiger partial charge on any atom is 0.317 e. The molecule has 0 aromatic carbocycles. The molecule has 6 nitrogen and oxygen atoms in total. The van der Waals surface area contributed by atoms with E-state index in [1.165, 1.54) is 12.8 Å². The van der Waals surface area contributed by atoms with Gasteiger partial charge >= 0.3 is 12.0 Å². The lowest BCUT2D eigenvalue weighted by atomic mass is 9.78. The van der Waals surface area contributed by atoms with Gasteiger partial charge in [0.05, 0.1) is 5.41 Å². The van der Waals surface area contributed by atoms with E-state index >= 15 is 0 Å². The lowest BCUT2D eigenvalue weighted by Gasteiger charge is -2.39. The summed E-state index contributed by atoms with van der Waals surface area (Å²) in [6.07, 6.45) is 4.49. The highest BCUT2D eigenvalue weighted by molar-refractivity contribution is 5.78. The number of carboxylic acids is 1.